The predicted molar refractivity (Wildman–Crippen MR) is 102 cm³/mol. The number of aromatic nitrogens is 2. The van der Waals surface area contributed by atoms with Crippen LogP contribution in [0.3, 0.4) is 0 Å². The van der Waals surface area contributed by atoms with Crippen LogP contribution >= 0.6 is 11.3 Å². The number of nitrogens with zero attached hydrogens (tertiary/aromatic N) is 2. The molecule has 0 saturated heterocycles. The predicted octanol–water partition coefficient (Wildman–Crippen LogP) is 4.25. The number of rotatable bonds is 4. The van der Waals surface area contributed by atoms with E-state index in [1.165, 1.54) is 23.5 Å². The van der Waals surface area contributed by atoms with Crippen LogP contribution in [0.4, 0.5) is 10.2 Å². The molecule has 0 spiro atoms. The molecule has 27 heavy (non-hydrogen) atoms. The molecule has 0 fully saturated rings. The van der Waals surface area contributed by atoms with Crippen molar-refractivity contribution in [2.45, 2.75) is 32.6 Å². The molecule has 0 radical (unpaired) electrons. The van der Waals surface area contributed by atoms with Gasteiger partial charge in [0.1, 0.15) is 11.6 Å². The van der Waals surface area contributed by atoms with Crippen LogP contribution in [0.2, 0.25) is 0 Å². The highest BCUT2D eigenvalue weighted by Crippen LogP contribution is 2.39. The smallest absolute Gasteiger partial charge is 0.226 e. The number of fused-ring (bicyclic) bond motifs is 1. The van der Waals surface area contributed by atoms with Crippen molar-refractivity contribution >= 4 is 28.8 Å². The number of ketones is 1. The van der Waals surface area contributed by atoms with Crippen LogP contribution in [0, 0.1) is 12.7 Å². The molecule has 138 valence electrons. The van der Waals surface area contributed by atoms with Gasteiger partial charge < -0.3 is 5.32 Å². The molecule has 1 amide bonds. The third kappa shape index (κ3) is 3.08. The largest absolute Gasteiger partial charge is 0.310 e. The third-order valence-electron chi connectivity index (χ3n) is 4.74. The summed E-state index contributed by atoms with van der Waals surface area (Å²) in [6.45, 7) is 3.87. The molecule has 1 unspecified atom stereocenters. The van der Waals surface area contributed by atoms with Crippen molar-refractivity contribution in [2.24, 2.45) is 0 Å². The van der Waals surface area contributed by atoms with Crippen molar-refractivity contribution in [3.63, 3.8) is 0 Å². The van der Waals surface area contributed by atoms with E-state index in [0.717, 1.165) is 16.9 Å². The second kappa shape index (κ2) is 6.74. The maximum absolute atomic E-state index is 13.3. The Morgan fingerprint density at radius 3 is 2.70 bits per heavy atom. The van der Waals surface area contributed by atoms with Gasteiger partial charge in [-0.3, -0.25) is 9.59 Å². The highest BCUT2D eigenvalue weighted by Gasteiger charge is 2.36. The number of amides is 1. The average Bonchev–Trinajstić information content (AvgIpc) is 3.26. The molecule has 1 atom stereocenters. The fourth-order valence-corrected chi connectivity index (χ4v) is 4.35. The Bertz CT molecular complexity index is 1040. The summed E-state index contributed by atoms with van der Waals surface area (Å²) in [6.07, 6.45) is 0.969. The Labute approximate surface area is 159 Å². The van der Waals surface area contributed by atoms with E-state index in [1.54, 1.807) is 16.8 Å². The van der Waals surface area contributed by atoms with E-state index in [-0.39, 0.29) is 23.9 Å². The van der Waals surface area contributed by atoms with E-state index in [2.05, 4.69) is 10.4 Å². The molecule has 3 aromatic rings. The van der Waals surface area contributed by atoms with Crippen molar-refractivity contribution in [3.8, 4) is 5.69 Å². The molecule has 7 heteroatoms. The average molecular weight is 383 g/mol. The molecule has 2 aromatic heterocycles. The van der Waals surface area contributed by atoms with Crippen LogP contribution in [-0.2, 0) is 11.2 Å². The summed E-state index contributed by atoms with van der Waals surface area (Å²) >= 11 is 1.47. The summed E-state index contributed by atoms with van der Waals surface area (Å²) in [6, 6.07) is 9.64. The van der Waals surface area contributed by atoms with Crippen LogP contribution in [0.25, 0.3) is 5.69 Å². The first kappa shape index (κ1) is 17.6. The minimum absolute atomic E-state index is 0.0578. The van der Waals surface area contributed by atoms with Gasteiger partial charge in [-0.2, -0.15) is 5.10 Å². The molecule has 0 bridgehead atoms. The molecule has 1 aliphatic rings. The van der Waals surface area contributed by atoms with Gasteiger partial charge in [0, 0.05) is 16.9 Å². The number of Topliss-reactive ketones (excluding diaryl/α,β-unsaturated/α-hetero) is 1. The third-order valence-corrected chi connectivity index (χ3v) is 5.99. The molecule has 1 aliphatic heterocycles. The molecule has 1 N–H and O–H groups in total. The fourth-order valence-electron chi connectivity index (χ4n) is 3.41. The molecule has 4 rings (SSSR count). The van der Waals surface area contributed by atoms with Gasteiger partial charge in [0.2, 0.25) is 5.91 Å². The summed E-state index contributed by atoms with van der Waals surface area (Å²) in [7, 11) is 0. The highest BCUT2D eigenvalue weighted by molar-refractivity contribution is 7.14. The first-order chi connectivity index (χ1) is 13.0. The Balaban J connectivity index is 1.79. The van der Waals surface area contributed by atoms with Gasteiger partial charge in [-0.05, 0) is 49.7 Å². The lowest BCUT2D eigenvalue weighted by Gasteiger charge is -2.22. The molecule has 0 saturated carbocycles. The molecular weight excluding hydrogens is 365 g/mol. The molecule has 5 nitrogen and oxygen atoms in total. The van der Waals surface area contributed by atoms with Crippen molar-refractivity contribution in [1.29, 1.82) is 0 Å². The number of thiophene rings is 1. The molecule has 0 aliphatic carbocycles. The summed E-state index contributed by atoms with van der Waals surface area (Å²) < 4.78 is 14.8. The Kier molecular flexibility index (Phi) is 4.39. The SMILES string of the molecule is CCc1ccc(C(=O)C2CC(=O)Nc3c2c(C)nn3-c2ccc(F)cc2)s1. The number of anilines is 1. The van der Waals surface area contributed by atoms with Gasteiger partial charge in [0.25, 0.3) is 0 Å². The maximum atomic E-state index is 13.3. The number of hydrogen-bond acceptors (Lipinski definition) is 4. The van der Waals surface area contributed by atoms with Gasteiger partial charge in [0.05, 0.1) is 22.2 Å². The zero-order chi connectivity index (χ0) is 19.1. The minimum Gasteiger partial charge on any atom is -0.310 e. The number of nitrogens with one attached hydrogen (secondary N) is 1. The lowest BCUT2D eigenvalue weighted by molar-refractivity contribution is -0.116. The van der Waals surface area contributed by atoms with E-state index < -0.39 is 5.92 Å². The number of carbonyl (C=O) groups is 2. The van der Waals surface area contributed by atoms with E-state index in [4.69, 9.17) is 0 Å². The van der Waals surface area contributed by atoms with Gasteiger partial charge in [0.15, 0.2) is 5.78 Å². The van der Waals surface area contributed by atoms with Gasteiger partial charge in [-0.25, -0.2) is 9.07 Å². The zero-order valence-electron chi connectivity index (χ0n) is 15.0. The zero-order valence-corrected chi connectivity index (χ0v) is 15.8. The number of aryl methyl sites for hydroxylation is 2. The van der Waals surface area contributed by atoms with E-state index >= 15 is 0 Å². The Hall–Kier alpha value is -2.80. The topological polar surface area (TPSA) is 64.0 Å². The Morgan fingerprint density at radius 1 is 1.30 bits per heavy atom. The first-order valence-corrected chi connectivity index (χ1v) is 9.57. The molecule has 1 aromatic carbocycles. The van der Waals surface area contributed by atoms with Crippen LogP contribution in [-0.4, -0.2) is 21.5 Å². The van der Waals surface area contributed by atoms with E-state index in [0.29, 0.717) is 22.1 Å². The molecular formula is C20H18FN3O2S. The number of hydrogen-bond donors (Lipinski definition) is 1. The number of carbonyl (C=O) groups excluding carboxylic acids is 2. The summed E-state index contributed by atoms with van der Waals surface area (Å²) in [5, 5.41) is 7.34. The van der Waals surface area contributed by atoms with Gasteiger partial charge in [-0.15, -0.1) is 11.3 Å². The monoisotopic (exact) mass is 383 g/mol. The lowest BCUT2D eigenvalue weighted by atomic mass is 9.87. The van der Waals surface area contributed by atoms with Crippen molar-refractivity contribution < 1.29 is 14.0 Å². The van der Waals surface area contributed by atoms with Gasteiger partial charge >= 0.3 is 0 Å². The lowest BCUT2D eigenvalue weighted by Crippen LogP contribution is -2.28. The Morgan fingerprint density at radius 2 is 2.04 bits per heavy atom. The van der Waals surface area contributed by atoms with Gasteiger partial charge in [-0.1, -0.05) is 6.92 Å². The number of halogens is 1. The fraction of sp³-hybridized carbons (Fsp3) is 0.250. The normalized spacial score (nSPS) is 16.1. The molecule has 3 heterocycles. The van der Waals surface area contributed by atoms with E-state index in [1.807, 2.05) is 26.0 Å². The van der Waals surface area contributed by atoms with Crippen LogP contribution in [0.1, 0.15) is 45.1 Å². The van der Waals surface area contributed by atoms with Crippen LogP contribution in [0.15, 0.2) is 36.4 Å². The summed E-state index contributed by atoms with van der Waals surface area (Å²) in [4.78, 5) is 27.2. The minimum atomic E-state index is -0.564. The van der Waals surface area contributed by atoms with Crippen LogP contribution in [0.5, 0.6) is 0 Å². The summed E-state index contributed by atoms with van der Waals surface area (Å²) in [5.41, 5.74) is 2.04. The first-order valence-electron chi connectivity index (χ1n) is 8.76. The van der Waals surface area contributed by atoms with E-state index in [9.17, 15) is 14.0 Å². The second-order valence-corrected chi connectivity index (χ2v) is 7.69. The summed E-state index contributed by atoms with van der Waals surface area (Å²) in [5.74, 6) is -0.709. The standard InChI is InChI=1S/C20H18FN3O2S/c1-3-14-8-9-16(27-14)19(26)15-10-17(25)22-20-18(15)11(2)23-24(20)13-6-4-12(21)5-7-13/h4-9,15H,3,10H2,1-2H3,(H,22,25). The van der Waals surface area contributed by atoms with Crippen molar-refractivity contribution in [1.82, 2.24) is 9.78 Å². The quantitative estimate of drug-likeness (QED) is 0.685. The van der Waals surface area contributed by atoms with Crippen LogP contribution < -0.4 is 5.32 Å². The van der Waals surface area contributed by atoms with Crippen molar-refractivity contribution in [2.75, 3.05) is 5.32 Å². The number of benzene rings is 1. The highest BCUT2D eigenvalue weighted by atomic mass is 32.1. The maximum Gasteiger partial charge on any atom is 0.226 e. The van der Waals surface area contributed by atoms with Crippen molar-refractivity contribution in [3.05, 3.63) is 63.2 Å². The second-order valence-electron chi connectivity index (χ2n) is 6.52.